The van der Waals surface area contributed by atoms with Gasteiger partial charge >= 0.3 is 13.8 Å². The molecular formula is C40H59N10O11P. The van der Waals surface area contributed by atoms with Gasteiger partial charge in [-0.05, 0) is 104 Å². The molecule has 0 aromatic carbocycles. The van der Waals surface area contributed by atoms with Crippen LogP contribution in [0.15, 0.2) is 22.2 Å². The molecule has 0 radical (unpaired) electrons. The van der Waals surface area contributed by atoms with Crippen molar-refractivity contribution < 1.29 is 42.6 Å². The van der Waals surface area contributed by atoms with Crippen LogP contribution in [0, 0.1) is 46.3 Å². The second-order valence-corrected chi connectivity index (χ2v) is 19.7. The Bertz CT molecular complexity index is 2420. The number of nitrogens with one attached hydrogen (secondary N) is 2. The lowest BCUT2D eigenvalue weighted by Crippen LogP contribution is -2.58. The Morgan fingerprint density at radius 2 is 1.48 bits per heavy atom. The highest BCUT2D eigenvalue weighted by atomic mass is 31.2. The van der Waals surface area contributed by atoms with E-state index in [-0.39, 0.29) is 97.1 Å². The molecule has 4 aromatic rings. The second-order valence-electron chi connectivity index (χ2n) is 18.3. The largest absolute Gasteiger partial charge is 0.472 e. The van der Waals surface area contributed by atoms with Gasteiger partial charge in [0.1, 0.15) is 20.1 Å². The van der Waals surface area contributed by atoms with Crippen LogP contribution >= 0.6 is 7.82 Å². The Morgan fingerprint density at radius 1 is 0.887 bits per heavy atom. The van der Waals surface area contributed by atoms with Gasteiger partial charge in [-0.2, -0.15) is 9.97 Å². The number of aromatic amines is 2. The number of fused-ring (bicyclic) bond motifs is 7. The number of H-pyrrole nitrogens is 2. The van der Waals surface area contributed by atoms with Crippen molar-refractivity contribution in [2.75, 3.05) is 37.9 Å². The summed E-state index contributed by atoms with van der Waals surface area (Å²) in [5.74, 6) is 1.47. The van der Waals surface area contributed by atoms with Gasteiger partial charge in [-0.15, -0.1) is 0 Å². The van der Waals surface area contributed by atoms with Gasteiger partial charge in [0.05, 0.1) is 44.7 Å². The molecule has 0 bridgehead atoms. The Labute approximate surface area is 357 Å². The molecule has 11 atom stereocenters. The Morgan fingerprint density at radius 3 is 2.13 bits per heavy atom. The molecule has 62 heavy (non-hydrogen) atoms. The number of nitrogens with two attached hydrogens (primary N) is 2. The number of hydrogen-bond acceptors (Lipinski definition) is 16. The van der Waals surface area contributed by atoms with E-state index >= 15 is 0 Å². The number of ether oxygens (including phenoxy) is 3. The van der Waals surface area contributed by atoms with E-state index < -0.39 is 31.1 Å². The Hall–Kier alpha value is -4.24. The van der Waals surface area contributed by atoms with Gasteiger partial charge in [-0.3, -0.25) is 42.5 Å². The number of esters is 1. The van der Waals surface area contributed by atoms with E-state index in [4.69, 9.17) is 34.7 Å². The van der Waals surface area contributed by atoms with Gasteiger partial charge in [0, 0.05) is 6.42 Å². The lowest BCUT2D eigenvalue weighted by Gasteiger charge is -2.62. The molecule has 4 aromatic heterocycles. The first-order valence-electron chi connectivity index (χ1n) is 21.6. The van der Waals surface area contributed by atoms with Gasteiger partial charge in [-0.25, -0.2) is 14.5 Å². The minimum absolute atomic E-state index is 0.0132. The molecule has 8 rings (SSSR count). The molecule has 22 heteroatoms. The number of imidazole rings is 2. The molecule has 1 unspecified atom stereocenters. The SMILES string of the molecule is C[C@H](CCC(=O)OCCOCn1cnc2c(=O)[nH]c(N)nc21)[C@H]1CC[C@H]2[C@@H]3[C@H](O)C[C@@H]4C[C@H](OP(=O)(O)OCCOCn5cnc6c(=O)[nH]c(N)nc65)CC[C@]4(C)[C@H]3CC[C@]12C. The van der Waals surface area contributed by atoms with Crippen molar-refractivity contribution in [3.8, 4) is 0 Å². The number of phosphoric acid groups is 1. The number of carbonyl (C=O) groups is 1. The van der Waals surface area contributed by atoms with Crippen molar-refractivity contribution in [2.24, 2.45) is 46.3 Å². The molecule has 8 N–H and O–H groups in total. The van der Waals surface area contributed by atoms with Crippen molar-refractivity contribution in [1.82, 2.24) is 39.0 Å². The number of nitrogen functional groups attached to an aromatic ring is 2. The molecule has 21 nitrogen and oxygen atoms in total. The summed E-state index contributed by atoms with van der Waals surface area (Å²) < 4.78 is 43.8. The molecule has 4 aliphatic carbocycles. The number of aromatic nitrogens is 8. The smallest absolute Gasteiger partial charge is 0.463 e. The molecular weight excluding hydrogens is 827 g/mol. The third-order valence-electron chi connectivity index (χ3n) is 14.9. The number of rotatable bonds is 17. The van der Waals surface area contributed by atoms with Gasteiger partial charge in [-0.1, -0.05) is 20.8 Å². The zero-order valence-electron chi connectivity index (χ0n) is 35.4. The van der Waals surface area contributed by atoms with Gasteiger partial charge < -0.3 is 35.7 Å². The summed E-state index contributed by atoms with van der Waals surface area (Å²) in [5.41, 5.74) is 11.3. The lowest BCUT2D eigenvalue weighted by molar-refractivity contribution is -0.173. The first-order valence-corrected chi connectivity index (χ1v) is 23.1. The summed E-state index contributed by atoms with van der Waals surface area (Å²) in [6.45, 7) is 7.11. The molecule has 4 aliphatic rings. The van der Waals surface area contributed by atoms with E-state index in [1.54, 1.807) is 4.57 Å². The molecule has 0 aliphatic heterocycles. The first kappa shape index (κ1) is 44.4. The topological polar surface area (TPSA) is 300 Å². The monoisotopic (exact) mass is 886 g/mol. The molecule has 4 saturated carbocycles. The zero-order chi connectivity index (χ0) is 44.0. The van der Waals surface area contributed by atoms with Crippen molar-refractivity contribution in [3.05, 3.63) is 33.4 Å². The van der Waals surface area contributed by atoms with E-state index in [0.717, 1.165) is 38.5 Å². The van der Waals surface area contributed by atoms with Crippen molar-refractivity contribution in [2.45, 2.75) is 111 Å². The van der Waals surface area contributed by atoms with Crippen LogP contribution in [0.2, 0.25) is 0 Å². The number of aliphatic hydroxyl groups excluding tert-OH is 1. The molecule has 4 heterocycles. The van der Waals surface area contributed by atoms with Crippen LogP contribution in [-0.4, -0.2) is 93.6 Å². The van der Waals surface area contributed by atoms with Crippen molar-refractivity contribution >= 4 is 48.0 Å². The fourth-order valence-corrected chi connectivity index (χ4v) is 12.9. The Kier molecular flexibility index (Phi) is 12.7. The number of anilines is 2. The van der Waals surface area contributed by atoms with E-state index in [1.165, 1.54) is 17.2 Å². The van der Waals surface area contributed by atoms with Crippen LogP contribution in [0.3, 0.4) is 0 Å². The van der Waals surface area contributed by atoms with Crippen LogP contribution in [0.4, 0.5) is 11.9 Å². The molecule has 340 valence electrons. The van der Waals surface area contributed by atoms with Crippen molar-refractivity contribution in [3.63, 3.8) is 0 Å². The predicted octanol–water partition coefficient (Wildman–Crippen LogP) is 3.46. The maximum Gasteiger partial charge on any atom is 0.472 e. The summed E-state index contributed by atoms with van der Waals surface area (Å²) in [6.07, 6.45) is 9.81. The highest BCUT2D eigenvalue weighted by Gasteiger charge is 2.63. The average molecular weight is 887 g/mol. The van der Waals surface area contributed by atoms with Crippen LogP contribution in [0.25, 0.3) is 22.3 Å². The lowest BCUT2D eigenvalue weighted by atomic mass is 9.43. The molecule has 0 saturated heterocycles. The summed E-state index contributed by atoms with van der Waals surface area (Å²) in [6, 6.07) is 0. The predicted molar refractivity (Wildman–Crippen MR) is 224 cm³/mol. The minimum atomic E-state index is -4.39. The standard InChI is InChI=1S/C40H59N10O11P/c1-22(4-7-29(52)59-14-12-57-20-49-18-43-31-33(49)45-37(41)47-35(31)53)25-5-6-26-30-27(9-11-40(25,26)3)39(2)10-8-24(16-23(39)17-28(30)51)61-62(55,56)60-15-13-58-21-50-19-44-32-34(50)46-38(42)48-36(32)54/h18-19,22-28,30,51H,4-17,20-21H2,1-3H3,(H,55,56)(H3,41,45,47,53)(H3,42,46,48,54)/t22-,23+,24-,25-,26+,27+,28-,30+,39+,40-/m1/s1. The van der Waals surface area contributed by atoms with Crippen LogP contribution in [-0.2, 0) is 46.1 Å². The number of nitrogens with zero attached hydrogens (tertiary/aromatic N) is 6. The number of carbonyl (C=O) groups excluding carboxylic acids is 1. The highest BCUT2D eigenvalue weighted by molar-refractivity contribution is 7.47. The van der Waals surface area contributed by atoms with E-state index in [1.807, 2.05) is 0 Å². The third kappa shape index (κ3) is 8.81. The summed E-state index contributed by atoms with van der Waals surface area (Å²) in [5, 5.41) is 11.9. The summed E-state index contributed by atoms with van der Waals surface area (Å²) in [7, 11) is -4.39. The van der Waals surface area contributed by atoms with Crippen LogP contribution < -0.4 is 22.6 Å². The first-order chi connectivity index (χ1) is 29.6. The van der Waals surface area contributed by atoms with Crippen LogP contribution in [0.1, 0.15) is 85.0 Å². The van der Waals surface area contributed by atoms with Gasteiger partial charge in [0.15, 0.2) is 22.3 Å². The highest BCUT2D eigenvalue weighted by Crippen LogP contribution is 2.69. The maximum atomic E-state index is 13.0. The summed E-state index contributed by atoms with van der Waals surface area (Å²) >= 11 is 0. The van der Waals surface area contributed by atoms with Gasteiger partial charge in [0.2, 0.25) is 11.9 Å². The second kappa shape index (κ2) is 17.7. The average Bonchev–Trinajstić information content (AvgIpc) is 3.92. The fraction of sp³-hybridized carbons (Fsp3) is 0.725. The number of phosphoric ester groups is 1. The zero-order valence-corrected chi connectivity index (χ0v) is 36.3. The van der Waals surface area contributed by atoms with E-state index in [0.29, 0.717) is 55.0 Å². The molecule has 4 fully saturated rings. The quantitative estimate of drug-likeness (QED) is 0.0502. The minimum Gasteiger partial charge on any atom is -0.463 e. The van der Waals surface area contributed by atoms with Gasteiger partial charge in [0.25, 0.3) is 11.1 Å². The van der Waals surface area contributed by atoms with Crippen molar-refractivity contribution in [1.29, 1.82) is 0 Å². The van der Waals surface area contributed by atoms with Crippen LogP contribution in [0.5, 0.6) is 0 Å². The molecule has 0 spiro atoms. The normalized spacial score (nSPS) is 31.0. The van der Waals surface area contributed by atoms with E-state index in [9.17, 15) is 28.9 Å². The van der Waals surface area contributed by atoms with E-state index in [2.05, 4.69) is 50.7 Å². The fourth-order valence-electron chi connectivity index (χ4n) is 12.0. The third-order valence-corrected chi connectivity index (χ3v) is 16.0. The number of hydrogen-bond donors (Lipinski definition) is 6. The molecule has 0 amide bonds. The maximum absolute atomic E-state index is 13.0. The Balaban J connectivity index is 0.768. The summed E-state index contributed by atoms with van der Waals surface area (Å²) in [4.78, 5) is 68.5. The number of aliphatic hydroxyl groups is 1.